The van der Waals surface area contributed by atoms with E-state index >= 15 is 0 Å². The lowest BCUT2D eigenvalue weighted by molar-refractivity contribution is -0.212. The standard InChI is InChI=1S/C20H26O6/c1-4-8-18-20(25-15(3)22)19(24-14(2)21)11-17(26-18)13-23-12-16-9-6-5-7-10-16/h4-7,9-10,17-20H,1,8,11-13H2,2-3H3/t17-,18+,19-,20+/m1/s1. The smallest absolute Gasteiger partial charge is 0.303 e. The molecule has 0 spiro atoms. The van der Waals surface area contributed by atoms with E-state index in [0.29, 0.717) is 26.1 Å². The van der Waals surface area contributed by atoms with Crippen LogP contribution in [0.25, 0.3) is 0 Å². The van der Waals surface area contributed by atoms with Gasteiger partial charge in [-0.2, -0.15) is 0 Å². The van der Waals surface area contributed by atoms with Crippen molar-refractivity contribution in [2.24, 2.45) is 0 Å². The number of esters is 2. The number of hydrogen-bond donors (Lipinski definition) is 0. The predicted octanol–water partition coefficient (Wildman–Crippen LogP) is 2.80. The molecule has 1 aliphatic rings. The van der Waals surface area contributed by atoms with E-state index in [1.807, 2.05) is 30.3 Å². The molecule has 0 N–H and O–H groups in total. The Morgan fingerprint density at radius 3 is 2.50 bits per heavy atom. The topological polar surface area (TPSA) is 71.1 Å². The Morgan fingerprint density at radius 1 is 1.19 bits per heavy atom. The Labute approximate surface area is 154 Å². The molecule has 0 aliphatic carbocycles. The minimum absolute atomic E-state index is 0.264. The summed E-state index contributed by atoms with van der Waals surface area (Å²) in [6.07, 6.45) is 0.657. The predicted molar refractivity (Wildman–Crippen MR) is 95.3 cm³/mol. The highest BCUT2D eigenvalue weighted by molar-refractivity contribution is 5.67. The van der Waals surface area contributed by atoms with Gasteiger partial charge in [0, 0.05) is 20.3 Å². The van der Waals surface area contributed by atoms with E-state index in [1.165, 1.54) is 13.8 Å². The maximum atomic E-state index is 11.5. The minimum Gasteiger partial charge on any atom is -0.458 e. The maximum absolute atomic E-state index is 11.5. The van der Waals surface area contributed by atoms with E-state index in [2.05, 4.69) is 6.58 Å². The summed E-state index contributed by atoms with van der Waals surface area (Å²) in [5.74, 6) is -0.862. The van der Waals surface area contributed by atoms with Crippen LogP contribution >= 0.6 is 0 Å². The third kappa shape index (κ3) is 6.28. The third-order valence-corrected chi connectivity index (χ3v) is 4.03. The molecule has 1 fully saturated rings. The molecular formula is C20H26O6. The number of benzene rings is 1. The largest absolute Gasteiger partial charge is 0.458 e. The molecule has 6 heteroatoms. The average molecular weight is 362 g/mol. The fourth-order valence-corrected chi connectivity index (χ4v) is 3.03. The molecule has 0 unspecified atom stereocenters. The van der Waals surface area contributed by atoms with Crippen LogP contribution in [0.1, 0.15) is 32.3 Å². The second kappa shape index (κ2) is 10.1. The van der Waals surface area contributed by atoms with E-state index in [-0.39, 0.29) is 6.10 Å². The van der Waals surface area contributed by atoms with E-state index in [0.717, 1.165) is 5.56 Å². The number of hydrogen-bond acceptors (Lipinski definition) is 6. The van der Waals surface area contributed by atoms with Crippen LogP contribution in [0, 0.1) is 0 Å². The summed E-state index contributed by atoms with van der Waals surface area (Å²) in [4.78, 5) is 22.9. The van der Waals surface area contributed by atoms with Gasteiger partial charge in [-0.15, -0.1) is 6.58 Å². The van der Waals surface area contributed by atoms with E-state index < -0.39 is 30.3 Å². The zero-order chi connectivity index (χ0) is 18.9. The summed E-state index contributed by atoms with van der Waals surface area (Å²) in [5.41, 5.74) is 1.07. The third-order valence-electron chi connectivity index (χ3n) is 4.03. The first-order valence-corrected chi connectivity index (χ1v) is 8.72. The molecule has 2 rings (SSSR count). The van der Waals surface area contributed by atoms with Gasteiger partial charge in [0.05, 0.1) is 19.3 Å². The van der Waals surface area contributed by atoms with Gasteiger partial charge >= 0.3 is 11.9 Å². The highest BCUT2D eigenvalue weighted by Gasteiger charge is 2.42. The van der Waals surface area contributed by atoms with Crippen LogP contribution in [0.15, 0.2) is 43.0 Å². The lowest BCUT2D eigenvalue weighted by Crippen LogP contribution is -2.52. The van der Waals surface area contributed by atoms with E-state index in [4.69, 9.17) is 18.9 Å². The first-order valence-electron chi connectivity index (χ1n) is 8.72. The number of ether oxygens (including phenoxy) is 4. The molecule has 0 saturated carbocycles. The van der Waals surface area contributed by atoms with Gasteiger partial charge in [0.2, 0.25) is 0 Å². The zero-order valence-corrected chi connectivity index (χ0v) is 15.3. The molecule has 0 amide bonds. The highest BCUT2D eigenvalue weighted by Crippen LogP contribution is 2.28. The van der Waals surface area contributed by atoms with Crippen LogP contribution in [-0.4, -0.2) is 43.0 Å². The molecule has 1 aromatic carbocycles. The SMILES string of the molecule is C=CC[C@@H]1O[C@@H](COCc2ccccc2)C[C@@H](OC(C)=O)[C@H]1OC(C)=O. The van der Waals surface area contributed by atoms with Gasteiger partial charge in [-0.05, 0) is 12.0 Å². The summed E-state index contributed by atoms with van der Waals surface area (Å²) in [5, 5.41) is 0. The molecular weight excluding hydrogens is 336 g/mol. The molecule has 1 aromatic rings. The van der Waals surface area contributed by atoms with Gasteiger partial charge in [0.1, 0.15) is 12.2 Å². The average Bonchev–Trinajstić information content (AvgIpc) is 2.58. The van der Waals surface area contributed by atoms with Crippen molar-refractivity contribution in [1.82, 2.24) is 0 Å². The van der Waals surface area contributed by atoms with Crippen molar-refractivity contribution in [3.63, 3.8) is 0 Å². The first-order chi connectivity index (χ1) is 12.5. The number of rotatable bonds is 8. The van der Waals surface area contributed by atoms with Crippen LogP contribution < -0.4 is 0 Å². The van der Waals surface area contributed by atoms with Crippen molar-refractivity contribution in [3.8, 4) is 0 Å². The molecule has 142 valence electrons. The Morgan fingerprint density at radius 2 is 1.88 bits per heavy atom. The minimum atomic E-state index is -0.653. The van der Waals surface area contributed by atoms with Gasteiger partial charge < -0.3 is 18.9 Å². The quantitative estimate of drug-likeness (QED) is 0.523. The van der Waals surface area contributed by atoms with Gasteiger partial charge in [-0.1, -0.05) is 36.4 Å². The molecule has 0 aromatic heterocycles. The van der Waals surface area contributed by atoms with Crippen molar-refractivity contribution in [1.29, 1.82) is 0 Å². The monoisotopic (exact) mass is 362 g/mol. The van der Waals surface area contributed by atoms with E-state index in [1.54, 1.807) is 6.08 Å². The lowest BCUT2D eigenvalue weighted by Gasteiger charge is -2.40. The van der Waals surface area contributed by atoms with Crippen molar-refractivity contribution in [3.05, 3.63) is 48.6 Å². The Bertz CT molecular complexity index is 600. The molecule has 4 atom stereocenters. The van der Waals surface area contributed by atoms with Gasteiger partial charge in [-0.3, -0.25) is 9.59 Å². The van der Waals surface area contributed by atoms with Crippen molar-refractivity contribution >= 4 is 11.9 Å². The van der Waals surface area contributed by atoms with Gasteiger partial charge in [0.15, 0.2) is 6.10 Å². The normalized spacial score (nSPS) is 25.3. The molecule has 26 heavy (non-hydrogen) atoms. The number of carbonyl (C=O) groups excluding carboxylic acids is 2. The second-order valence-corrected chi connectivity index (χ2v) is 6.28. The molecule has 0 radical (unpaired) electrons. The van der Waals surface area contributed by atoms with Crippen molar-refractivity contribution < 1.29 is 28.5 Å². The summed E-state index contributed by atoms with van der Waals surface area (Å²) in [7, 11) is 0. The van der Waals surface area contributed by atoms with Crippen LogP contribution in [0.4, 0.5) is 0 Å². The molecule has 6 nitrogen and oxygen atoms in total. The zero-order valence-electron chi connectivity index (χ0n) is 15.3. The molecule has 1 aliphatic heterocycles. The lowest BCUT2D eigenvalue weighted by atomic mass is 9.95. The van der Waals surface area contributed by atoms with Crippen LogP contribution in [-0.2, 0) is 35.1 Å². The summed E-state index contributed by atoms with van der Waals surface area (Å²) < 4.78 is 22.5. The van der Waals surface area contributed by atoms with Crippen molar-refractivity contribution in [2.45, 2.75) is 57.7 Å². The van der Waals surface area contributed by atoms with Gasteiger partial charge in [-0.25, -0.2) is 0 Å². The Hall–Kier alpha value is -2.18. The first kappa shape index (κ1) is 20.1. The second-order valence-electron chi connectivity index (χ2n) is 6.28. The maximum Gasteiger partial charge on any atom is 0.303 e. The van der Waals surface area contributed by atoms with Crippen LogP contribution in [0.5, 0.6) is 0 Å². The molecule has 0 bridgehead atoms. The van der Waals surface area contributed by atoms with E-state index in [9.17, 15) is 9.59 Å². The fraction of sp³-hybridized carbons (Fsp3) is 0.500. The Balaban J connectivity index is 2.00. The highest BCUT2D eigenvalue weighted by atomic mass is 16.6. The molecule has 1 saturated heterocycles. The molecule has 1 heterocycles. The van der Waals surface area contributed by atoms with Gasteiger partial charge in [0.25, 0.3) is 0 Å². The Kier molecular flexibility index (Phi) is 7.81. The van der Waals surface area contributed by atoms with Crippen LogP contribution in [0.3, 0.4) is 0 Å². The fourth-order valence-electron chi connectivity index (χ4n) is 3.03. The summed E-state index contributed by atoms with van der Waals surface area (Å²) in [6.45, 7) is 7.21. The summed E-state index contributed by atoms with van der Waals surface area (Å²) in [6, 6.07) is 9.83. The summed E-state index contributed by atoms with van der Waals surface area (Å²) >= 11 is 0. The van der Waals surface area contributed by atoms with Crippen molar-refractivity contribution in [2.75, 3.05) is 6.61 Å². The van der Waals surface area contributed by atoms with Crippen LogP contribution in [0.2, 0.25) is 0 Å². The number of carbonyl (C=O) groups is 2.